The van der Waals surface area contributed by atoms with Gasteiger partial charge < -0.3 is 11.5 Å². The summed E-state index contributed by atoms with van der Waals surface area (Å²) in [6.07, 6.45) is 2.20. The molecule has 62 valence electrons. The summed E-state index contributed by atoms with van der Waals surface area (Å²) >= 11 is 0. The van der Waals surface area contributed by atoms with Gasteiger partial charge in [0.2, 0.25) is 0 Å². The molecule has 0 fully saturated rings. The van der Waals surface area contributed by atoms with E-state index in [0.717, 1.165) is 12.8 Å². The topological polar surface area (TPSA) is 52.0 Å². The van der Waals surface area contributed by atoms with Gasteiger partial charge in [-0.25, -0.2) is 0 Å². The van der Waals surface area contributed by atoms with Crippen LogP contribution in [0.1, 0.15) is 33.6 Å². The van der Waals surface area contributed by atoms with Gasteiger partial charge in [-0.2, -0.15) is 0 Å². The average Bonchev–Trinajstić information content (AvgIpc) is 1.86. The summed E-state index contributed by atoms with van der Waals surface area (Å²) in [5, 5.41) is 0. The predicted molar refractivity (Wildman–Crippen MR) is 45.7 cm³/mol. The van der Waals surface area contributed by atoms with E-state index < -0.39 is 0 Å². The van der Waals surface area contributed by atoms with Crippen LogP contribution in [-0.4, -0.2) is 12.1 Å². The Morgan fingerprint density at radius 2 is 2.00 bits per heavy atom. The summed E-state index contributed by atoms with van der Waals surface area (Å²) in [6, 6.07) is 0. The van der Waals surface area contributed by atoms with Crippen molar-refractivity contribution in [2.24, 2.45) is 17.4 Å². The summed E-state index contributed by atoms with van der Waals surface area (Å²) in [7, 11) is 0. The van der Waals surface area contributed by atoms with E-state index in [1.54, 1.807) is 0 Å². The van der Waals surface area contributed by atoms with Crippen LogP contribution in [0.2, 0.25) is 0 Å². The van der Waals surface area contributed by atoms with E-state index >= 15 is 0 Å². The van der Waals surface area contributed by atoms with Crippen molar-refractivity contribution in [3.63, 3.8) is 0 Å². The molecule has 0 aromatic carbocycles. The van der Waals surface area contributed by atoms with Crippen LogP contribution in [0, 0.1) is 5.92 Å². The maximum Gasteiger partial charge on any atom is 0.0163 e. The molecule has 0 aliphatic carbocycles. The maximum absolute atomic E-state index is 6.00. The smallest absolute Gasteiger partial charge is 0.0163 e. The Morgan fingerprint density at radius 1 is 1.50 bits per heavy atom. The van der Waals surface area contributed by atoms with Crippen LogP contribution in [0.5, 0.6) is 0 Å². The van der Waals surface area contributed by atoms with Crippen molar-refractivity contribution >= 4 is 0 Å². The summed E-state index contributed by atoms with van der Waals surface area (Å²) in [5.41, 5.74) is 11.4. The maximum atomic E-state index is 6.00. The molecule has 0 aromatic rings. The lowest BCUT2D eigenvalue weighted by Gasteiger charge is -2.30. The average molecular weight is 144 g/mol. The quantitative estimate of drug-likeness (QED) is 0.620. The lowest BCUT2D eigenvalue weighted by atomic mass is 9.84. The molecule has 0 saturated heterocycles. The van der Waals surface area contributed by atoms with Gasteiger partial charge in [-0.3, -0.25) is 0 Å². The number of nitrogens with two attached hydrogens (primary N) is 2. The first-order valence-electron chi connectivity index (χ1n) is 4.03. The number of rotatable bonds is 4. The van der Waals surface area contributed by atoms with E-state index in [-0.39, 0.29) is 5.54 Å². The summed E-state index contributed by atoms with van der Waals surface area (Å²) in [5.74, 6) is 0.424. The molecule has 0 aromatic heterocycles. The molecule has 10 heavy (non-hydrogen) atoms. The molecular weight excluding hydrogens is 124 g/mol. The lowest BCUT2D eigenvalue weighted by Crippen LogP contribution is -2.45. The van der Waals surface area contributed by atoms with E-state index in [9.17, 15) is 0 Å². The first-order valence-corrected chi connectivity index (χ1v) is 4.03. The normalized spacial score (nSPS) is 20.1. The highest BCUT2D eigenvalue weighted by molar-refractivity contribution is 4.84. The van der Waals surface area contributed by atoms with Crippen LogP contribution < -0.4 is 11.5 Å². The first kappa shape index (κ1) is 9.92. The van der Waals surface area contributed by atoms with Crippen LogP contribution in [0.4, 0.5) is 0 Å². The zero-order valence-electron chi connectivity index (χ0n) is 7.35. The van der Waals surface area contributed by atoms with Crippen molar-refractivity contribution < 1.29 is 0 Å². The van der Waals surface area contributed by atoms with Crippen LogP contribution in [0.15, 0.2) is 0 Å². The van der Waals surface area contributed by atoms with Gasteiger partial charge in [0.1, 0.15) is 0 Å². The molecular formula is C8H20N2. The summed E-state index contributed by atoms with van der Waals surface area (Å²) in [6.45, 7) is 7.02. The third kappa shape index (κ3) is 2.67. The monoisotopic (exact) mass is 144 g/mol. The molecule has 0 rings (SSSR count). The first-order chi connectivity index (χ1) is 4.54. The highest BCUT2D eigenvalue weighted by Crippen LogP contribution is 2.17. The highest BCUT2D eigenvalue weighted by atomic mass is 14.8. The van der Waals surface area contributed by atoms with E-state index in [0.29, 0.717) is 12.5 Å². The molecule has 0 saturated carbocycles. The molecule has 2 heteroatoms. The van der Waals surface area contributed by atoms with Crippen molar-refractivity contribution in [2.75, 3.05) is 6.54 Å². The van der Waals surface area contributed by atoms with Crippen molar-refractivity contribution in [1.29, 1.82) is 0 Å². The van der Waals surface area contributed by atoms with Crippen molar-refractivity contribution in [2.45, 2.75) is 39.2 Å². The zero-order valence-corrected chi connectivity index (χ0v) is 7.35. The molecule has 0 spiro atoms. The van der Waals surface area contributed by atoms with Crippen LogP contribution in [0.3, 0.4) is 0 Å². The largest absolute Gasteiger partial charge is 0.330 e. The molecule has 0 aliphatic heterocycles. The van der Waals surface area contributed by atoms with Crippen LogP contribution in [0.25, 0.3) is 0 Å². The summed E-state index contributed by atoms with van der Waals surface area (Å²) in [4.78, 5) is 0. The van der Waals surface area contributed by atoms with E-state index in [1.807, 2.05) is 0 Å². The minimum absolute atomic E-state index is 0.0660. The Balaban J connectivity index is 3.82. The highest BCUT2D eigenvalue weighted by Gasteiger charge is 2.23. The second-order valence-electron chi connectivity index (χ2n) is 3.39. The summed E-state index contributed by atoms with van der Waals surface area (Å²) < 4.78 is 0. The molecule has 0 aliphatic rings. The van der Waals surface area contributed by atoms with E-state index in [4.69, 9.17) is 11.5 Å². The Bertz CT molecular complexity index is 89.3. The number of hydrogen-bond acceptors (Lipinski definition) is 2. The van der Waals surface area contributed by atoms with Gasteiger partial charge in [0, 0.05) is 5.54 Å². The molecule has 2 unspecified atom stereocenters. The van der Waals surface area contributed by atoms with Gasteiger partial charge in [-0.15, -0.1) is 0 Å². The third-order valence-electron chi connectivity index (χ3n) is 2.27. The lowest BCUT2D eigenvalue weighted by molar-refractivity contribution is 0.300. The van der Waals surface area contributed by atoms with E-state index in [1.165, 1.54) is 0 Å². The predicted octanol–water partition coefficient (Wildman–Crippen LogP) is 1.10. The molecule has 0 heterocycles. The molecule has 4 N–H and O–H groups in total. The van der Waals surface area contributed by atoms with E-state index in [2.05, 4.69) is 20.8 Å². The Morgan fingerprint density at radius 3 is 2.30 bits per heavy atom. The standard InChI is InChI=1S/C8H20N2/c1-4-5-8(3,10)7(2)6-9/h7H,4-6,9-10H2,1-3H3. The van der Waals surface area contributed by atoms with Gasteiger partial charge in [0.25, 0.3) is 0 Å². The SMILES string of the molecule is CCCC(C)(N)C(C)CN. The number of hydrogen-bond donors (Lipinski definition) is 2. The zero-order chi connectivity index (χ0) is 8.20. The van der Waals surface area contributed by atoms with Crippen LogP contribution >= 0.6 is 0 Å². The van der Waals surface area contributed by atoms with Gasteiger partial charge in [-0.1, -0.05) is 20.3 Å². The van der Waals surface area contributed by atoms with Gasteiger partial charge in [0.15, 0.2) is 0 Å². The molecule has 0 radical (unpaired) electrons. The van der Waals surface area contributed by atoms with Crippen molar-refractivity contribution in [3.05, 3.63) is 0 Å². The minimum atomic E-state index is -0.0660. The van der Waals surface area contributed by atoms with Gasteiger partial charge in [-0.05, 0) is 25.8 Å². The fourth-order valence-electron chi connectivity index (χ4n) is 1.05. The Hall–Kier alpha value is -0.0800. The van der Waals surface area contributed by atoms with Gasteiger partial charge in [0.05, 0.1) is 0 Å². The van der Waals surface area contributed by atoms with Crippen molar-refractivity contribution in [1.82, 2.24) is 0 Å². The fraction of sp³-hybridized carbons (Fsp3) is 1.00. The second-order valence-corrected chi connectivity index (χ2v) is 3.39. The minimum Gasteiger partial charge on any atom is -0.330 e. The van der Waals surface area contributed by atoms with Crippen LogP contribution in [-0.2, 0) is 0 Å². The molecule has 0 amide bonds. The Kier molecular flexibility index (Phi) is 3.91. The second kappa shape index (κ2) is 3.94. The van der Waals surface area contributed by atoms with Gasteiger partial charge >= 0.3 is 0 Å². The molecule has 2 atom stereocenters. The molecule has 2 nitrogen and oxygen atoms in total. The Labute approximate surface area is 64.0 Å². The molecule has 0 bridgehead atoms. The third-order valence-corrected chi connectivity index (χ3v) is 2.27. The fourth-order valence-corrected chi connectivity index (χ4v) is 1.05. The van der Waals surface area contributed by atoms with Crippen molar-refractivity contribution in [3.8, 4) is 0 Å².